The molecule has 110 valence electrons. The number of ether oxygens (including phenoxy) is 1. The lowest BCUT2D eigenvalue weighted by Crippen LogP contribution is -2.40. The average molecular weight is 280 g/mol. The zero-order chi connectivity index (χ0) is 14.6. The minimum Gasteiger partial charge on any atom is -0.492 e. The lowest BCUT2D eigenvalue weighted by atomic mass is 9.85. The van der Waals surface area contributed by atoms with E-state index in [0.717, 1.165) is 25.7 Å². The number of rotatable bonds is 5. The summed E-state index contributed by atoms with van der Waals surface area (Å²) in [6.07, 6.45) is 3.65. The molecule has 0 radical (unpaired) electrons. The Kier molecular flexibility index (Phi) is 4.60. The lowest BCUT2D eigenvalue weighted by Gasteiger charge is -2.26. The number of nitrogens with one attached hydrogen (secondary N) is 1. The molecule has 1 aromatic rings. The number of carbonyl (C=O) groups excluding carboxylic acids is 1. The molecule has 0 spiro atoms. The highest BCUT2D eigenvalue weighted by atomic mass is 19.1. The highest BCUT2D eigenvalue weighted by molar-refractivity contribution is 5.96. The monoisotopic (exact) mass is 280 g/mol. The third kappa shape index (κ3) is 2.93. The molecule has 1 aliphatic carbocycles. The largest absolute Gasteiger partial charge is 0.492 e. The first-order valence-electron chi connectivity index (χ1n) is 7.05. The quantitative estimate of drug-likeness (QED) is 0.871. The number of benzene rings is 1. The van der Waals surface area contributed by atoms with Gasteiger partial charge in [0.2, 0.25) is 5.91 Å². The van der Waals surface area contributed by atoms with Crippen molar-refractivity contribution in [1.29, 1.82) is 0 Å². The SMILES string of the molecule is CCOc1cc(F)ccc1NC(=O)C1(CN)CCCC1. The van der Waals surface area contributed by atoms with Gasteiger partial charge >= 0.3 is 0 Å². The average Bonchev–Trinajstić information content (AvgIpc) is 2.92. The van der Waals surface area contributed by atoms with E-state index >= 15 is 0 Å². The van der Waals surface area contributed by atoms with Gasteiger partial charge < -0.3 is 15.8 Å². The molecule has 0 heterocycles. The summed E-state index contributed by atoms with van der Waals surface area (Å²) in [5, 5.41) is 2.85. The zero-order valence-corrected chi connectivity index (χ0v) is 11.7. The van der Waals surface area contributed by atoms with E-state index in [1.165, 1.54) is 18.2 Å². The summed E-state index contributed by atoms with van der Waals surface area (Å²) in [4.78, 5) is 12.5. The topological polar surface area (TPSA) is 64.3 Å². The third-order valence-electron chi connectivity index (χ3n) is 3.92. The Morgan fingerprint density at radius 1 is 1.45 bits per heavy atom. The predicted octanol–water partition coefficient (Wildman–Crippen LogP) is 2.68. The van der Waals surface area contributed by atoms with Crippen LogP contribution in [0.4, 0.5) is 10.1 Å². The molecule has 0 unspecified atom stereocenters. The van der Waals surface area contributed by atoms with Crippen LogP contribution in [0.25, 0.3) is 0 Å². The van der Waals surface area contributed by atoms with Gasteiger partial charge in [0.15, 0.2) is 0 Å². The molecule has 3 N–H and O–H groups in total. The number of anilines is 1. The van der Waals surface area contributed by atoms with Crippen LogP contribution in [0.2, 0.25) is 0 Å². The minimum atomic E-state index is -0.488. The zero-order valence-electron chi connectivity index (χ0n) is 11.7. The first-order chi connectivity index (χ1) is 9.61. The Morgan fingerprint density at radius 3 is 2.75 bits per heavy atom. The molecule has 4 nitrogen and oxygen atoms in total. The summed E-state index contributed by atoms with van der Waals surface area (Å²) >= 11 is 0. The molecular formula is C15H21FN2O2. The van der Waals surface area contributed by atoms with Crippen LogP contribution < -0.4 is 15.8 Å². The van der Waals surface area contributed by atoms with Crippen LogP contribution in [0.15, 0.2) is 18.2 Å². The van der Waals surface area contributed by atoms with Crippen LogP contribution in [0.1, 0.15) is 32.6 Å². The van der Waals surface area contributed by atoms with E-state index in [1.54, 1.807) is 0 Å². The summed E-state index contributed by atoms with van der Waals surface area (Å²) in [6, 6.07) is 4.11. The van der Waals surface area contributed by atoms with E-state index in [-0.39, 0.29) is 11.7 Å². The van der Waals surface area contributed by atoms with Crippen molar-refractivity contribution in [2.75, 3.05) is 18.5 Å². The van der Waals surface area contributed by atoms with Gasteiger partial charge in [-0.05, 0) is 31.9 Å². The Bertz CT molecular complexity index is 485. The van der Waals surface area contributed by atoms with Crippen molar-refractivity contribution in [3.05, 3.63) is 24.0 Å². The van der Waals surface area contributed by atoms with Crippen molar-refractivity contribution < 1.29 is 13.9 Å². The van der Waals surface area contributed by atoms with E-state index in [1.807, 2.05) is 6.92 Å². The Hall–Kier alpha value is -1.62. The van der Waals surface area contributed by atoms with E-state index in [9.17, 15) is 9.18 Å². The molecule has 0 saturated heterocycles. The number of hydrogen-bond donors (Lipinski definition) is 2. The summed E-state index contributed by atoms with van der Waals surface area (Å²) < 4.78 is 18.6. The van der Waals surface area contributed by atoms with Crippen molar-refractivity contribution in [1.82, 2.24) is 0 Å². The maximum Gasteiger partial charge on any atom is 0.231 e. The van der Waals surface area contributed by atoms with Gasteiger partial charge in [-0.15, -0.1) is 0 Å². The molecular weight excluding hydrogens is 259 g/mol. The fourth-order valence-corrected chi connectivity index (χ4v) is 2.70. The van der Waals surface area contributed by atoms with Crippen LogP contribution in [-0.2, 0) is 4.79 Å². The first-order valence-corrected chi connectivity index (χ1v) is 7.05. The Balaban J connectivity index is 2.18. The second-order valence-electron chi connectivity index (χ2n) is 5.22. The Labute approximate surface area is 118 Å². The molecule has 1 aliphatic rings. The molecule has 2 rings (SSSR count). The summed E-state index contributed by atoms with van der Waals surface area (Å²) in [6.45, 7) is 2.56. The summed E-state index contributed by atoms with van der Waals surface area (Å²) in [7, 11) is 0. The van der Waals surface area contributed by atoms with Gasteiger partial charge in [-0.25, -0.2) is 4.39 Å². The fourth-order valence-electron chi connectivity index (χ4n) is 2.70. The second-order valence-corrected chi connectivity index (χ2v) is 5.22. The molecule has 0 bridgehead atoms. The molecule has 1 amide bonds. The van der Waals surface area contributed by atoms with Gasteiger partial charge in [0, 0.05) is 12.6 Å². The predicted molar refractivity (Wildman–Crippen MR) is 76.2 cm³/mol. The maximum atomic E-state index is 13.2. The van der Waals surface area contributed by atoms with Gasteiger partial charge in [-0.1, -0.05) is 12.8 Å². The van der Waals surface area contributed by atoms with Gasteiger partial charge in [-0.3, -0.25) is 4.79 Å². The van der Waals surface area contributed by atoms with Gasteiger partial charge in [0.25, 0.3) is 0 Å². The van der Waals surface area contributed by atoms with E-state index in [4.69, 9.17) is 10.5 Å². The molecule has 1 fully saturated rings. The summed E-state index contributed by atoms with van der Waals surface area (Å²) in [5.41, 5.74) is 5.80. The lowest BCUT2D eigenvalue weighted by molar-refractivity contribution is -0.124. The molecule has 20 heavy (non-hydrogen) atoms. The third-order valence-corrected chi connectivity index (χ3v) is 3.92. The van der Waals surface area contributed by atoms with Crippen LogP contribution >= 0.6 is 0 Å². The van der Waals surface area contributed by atoms with Crippen LogP contribution in [-0.4, -0.2) is 19.1 Å². The Morgan fingerprint density at radius 2 is 2.15 bits per heavy atom. The number of carbonyl (C=O) groups is 1. The number of amides is 1. The highest BCUT2D eigenvalue weighted by Gasteiger charge is 2.40. The van der Waals surface area contributed by atoms with Crippen molar-refractivity contribution in [2.24, 2.45) is 11.1 Å². The maximum absolute atomic E-state index is 13.2. The van der Waals surface area contributed by atoms with E-state index in [0.29, 0.717) is 24.6 Å². The van der Waals surface area contributed by atoms with Crippen LogP contribution in [0.5, 0.6) is 5.75 Å². The smallest absolute Gasteiger partial charge is 0.231 e. The fraction of sp³-hybridized carbons (Fsp3) is 0.533. The van der Waals surface area contributed by atoms with Gasteiger partial charge in [-0.2, -0.15) is 0 Å². The van der Waals surface area contributed by atoms with Crippen molar-refractivity contribution in [3.8, 4) is 5.75 Å². The molecule has 1 saturated carbocycles. The summed E-state index contributed by atoms with van der Waals surface area (Å²) in [5.74, 6) is -0.128. The number of hydrogen-bond acceptors (Lipinski definition) is 3. The van der Waals surface area contributed by atoms with Crippen LogP contribution in [0, 0.1) is 11.2 Å². The molecule has 0 aliphatic heterocycles. The van der Waals surface area contributed by atoms with Crippen molar-refractivity contribution in [3.63, 3.8) is 0 Å². The molecule has 5 heteroatoms. The van der Waals surface area contributed by atoms with Crippen LogP contribution in [0.3, 0.4) is 0 Å². The van der Waals surface area contributed by atoms with E-state index in [2.05, 4.69) is 5.32 Å². The normalized spacial score (nSPS) is 16.9. The number of halogens is 1. The second kappa shape index (κ2) is 6.22. The van der Waals surface area contributed by atoms with Gasteiger partial charge in [0.1, 0.15) is 11.6 Å². The number of nitrogens with two attached hydrogens (primary N) is 1. The standard InChI is InChI=1S/C15H21FN2O2/c1-2-20-13-9-11(16)5-6-12(13)18-14(19)15(10-17)7-3-4-8-15/h5-6,9H,2-4,7-8,10,17H2,1H3,(H,18,19). The van der Waals surface area contributed by atoms with Crippen molar-refractivity contribution in [2.45, 2.75) is 32.6 Å². The van der Waals surface area contributed by atoms with Crippen molar-refractivity contribution >= 4 is 11.6 Å². The van der Waals surface area contributed by atoms with Gasteiger partial charge in [0.05, 0.1) is 17.7 Å². The molecule has 0 atom stereocenters. The molecule has 0 aromatic heterocycles. The minimum absolute atomic E-state index is 0.0925. The molecule has 1 aromatic carbocycles. The first kappa shape index (κ1) is 14.8. The van der Waals surface area contributed by atoms with E-state index < -0.39 is 5.41 Å². The highest BCUT2D eigenvalue weighted by Crippen LogP contribution is 2.39.